The van der Waals surface area contributed by atoms with E-state index in [9.17, 15) is 0 Å². The maximum atomic E-state index is 2.24. The van der Waals surface area contributed by atoms with E-state index in [1.165, 1.54) is 5.57 Å². The highest BCUT2D eigenvalue weighted by Crippen LogP contribution is 2.25. The molecule has 0 nitrogen and oxygen atoms in total. The van der Waals surface area contributed by atoms with Crippen LogP contribution in [0.15, 0.2) is 23.8 Å². The third-order valence-corrected chi connectivity index (χ3v) is 1.71. The molecular formula is C11H20. The minimum absolute atomic E-state index is 0.292. The van der Waals surface area contributed by atoms with E-state index < -0.39 is 0 Å². The maximum Gasteiger partial charge on any atom is -0.0135 e. The van der Waals surface area contributed by atoms with Gasteiger partial charge < -0.3 is 0 Å². The van der Waals surface area contributed by atoms with Crippen molar-refractivity contribution in [2.75, 3.05) is 0 Å². The van der Waals surface area contributed by atoms with Gasteiger partial charge in [-0.3, -0.25) is 0 Å². The number of hydrogen-bond donors (Lipinski definition) is 0. The van der Waals surface area contributed by atoms with Crippen LogP contribution in [0.25, 0.3) is 0 Å². The lowest BCUT2D eigenvalue weighted by Crippen LogP contribution is -2.06. The van der Waals surface area contributed by atoms with Gasteiger partial charge in [0.15, 0.2) is 0 Å². The third-order valence-electron chi connectivity index (χ3n) is 1.71. The van der Waals surface area contributed by atoms with Crippen molar-refractivity contribution in [1.82, 2.24) is 0 Å². The molecular weight excluding hydrogens is 132 g/mol. The molecule has 0 atom stereocenters. The molecule has 0 rings (SSSR count). The van der Waals surface area contributed by atoms with Crippen molar-refractivity contribution < 1.29 is 0 Å². The van der Waals surface area contributed by atoms with Crippen LogP contribution in [-0.4, -0.2) is 0 Å². The normalized spacial score (nSPS) is 14.5. The van der Waals surface area contributed by atoms with Gasteiger partial charge in [0.2, 0.25) is 0 Å². The van der Waals surface area contributed by atoms with E-state index in [1.807, 2.05) is 0 Å². The van der Waals surface area contributed by atoms with E-state index in [-0.39, 0.29) is 0 Å². The Hall–Kier alpha value is -0.520. The predicted octanol–water partition coefficient (Wildman–Crippen LogP) is 3.95. The Balaban J connectivity index is 4.33. The molecule has 11 heavy (non-hydrogen) atoms. The Labute approximate surface area is 71.0 Å². The van der Waals surface area contributed by atoms with Crippen LogP contribution in [0.4, 0.5) is 0 Å². The molecule has 0 heteroatoms. The molecule has 0 N–H and O–H groups in total. The first-order valence-electron chi connectivity index (χ1n) is 4.35. The Kier molecular flexibility index (Phi) is 4.17. The summed E-state index contributed by atoms with van der Waals surface area (Å²) in [4.78, 5) is 0. The van der Waals surface area contributed by atoms with E-state index in [2.05, 4.69) is 52.8 Å². The Bertz CT molecular complexity index is 153. The summed E-state index contributed by atoms with van der Waals surface area (Å²) < 4.78 is 0. The van der Waals surface area contributed by atoms with E-state index in [1.54, 1.807) is 0 Å². The van der Waals surface area contributed by atoms with E-state index in [4.69, 9.17) is 0 Å². The molecule has 0 aromatic carbocycles. The number of rotatable bonds is 2. The lowest BCUT2D eigenvalue weighted by molar-refractivity contribution is 0.516. The standard InChI is InChI=1S/C11H20/c1-6-8-9-10(7-2)11(3,4)5/h7-9H,6H2,1-5H3/b9-8-,10-7+. The van der Waals surface area contributed by atoms with Crippen LogP contribution in [0, 0.1) is 5.41 Å². The van der Waals surface area contributed by atoms with E-state index in [0.29, 0.717) is 5.41 Å². The first kappa shape index (κ1) is 10.5. The first-order chi connectivity index (χ1) is 5.02. The highest BCUT2D eigenvalue weighted by molar-refractivity contribution is 5.23. The molecule has 0 saturated carbocycles. The SMILES string of the molecule is C/C=C(\C=C/CC)C(C)(C)C. The Morgan fingerprint density at radius 2 is 1.82 bits per heavy atom. The molecule has 0 aliphatic rings. The highest BCUT2D eigenvalue weighted by atomic mass is 14.2. The zero-order valence-corrected chi connectivity index (χ0v) is 8.44. The molecule has 0 bridgehead atoms. The Morgan fingerprint density at radius 1 is 1.27 bits per heavy atom. The molecule has 0 aromatic rings. The second-order valence-electron chi connectivity index (χ2n) is 3.80. The van der Waals surface area contributed by atoms with Gasteiger partial charge in [-0.25, -0.2) is 0 Å². The molecule has 0 unspecified atom stereocenters. The lowest BCUT2D eigenvalue weighted by Gasteiger charge is -2.19. The van der Waals surface area contributed by atoms with Crippen LogP contribution in [0.5, 0.6) is 0 Å². The molecule has 0 heterocycles. The molecule has 0 aromatic heterocycles. The van der Waals surface area contributed by atoms with Crippen molar-refractivity contribution >= 4 is 0 Å². The summed E-state index contributed by atoms with van der Waals surface area (Å²) in [5.41, 5.74) is 1.71. The average Bonchev–Trinajstić information content (AvgIpc) is 1.87. The zero-order chi connectivity index (χ0) is 8.91. The molecule has 0 amide bonds. The van der Waals surface area contributed by atoms with Gasteiger partial charge in [0.25, 0.3) is 0 Å². The van der Waals surface area contributed by atoms with Gasteiger partial charge in [-0.15, -0.1) is 0 Å². The van der Waals surface area contributed by atoms with Crippen LogP contribution in [-0.2, 0) is 0 Å². The Morgan fingerprint density at radius 3 is 2.09 bits per heavy atom. The van der Waals surface area contributed by atoms with Crippen molar-refractivity contribution in [2.45, 2.75) is 41.0 Å². The van der Waals surface area contributed by atoms with Gasteiger partial charge >= 0.3 is 0 Å². The molecule has 0 radical (unpaired) electrons. The van der Waals surface area contributed by atoms with Crippen LogP contribution in [0.2, 0.25) is 0 Å². The van der Waals surface area contributed by atoms with Crippen molar-refractivity contribution in [3.8, 4) is 0 Å². The summed E-state index contributed by atoms with van der Waals surface area (Å²) in [6, 6.07) is 0. The monoisotopic (exact) mass is 152 g/mol. The van der Waals surface area contributed by atoms with Crippen LogP contribution < -0.4 is 0 Å². The van der Waals surface area contributed by atoms with Gasteiger partial charge in [0.05, 0.1) is 0 Å². The lowest BCUT2D eigenvalue weighted by atomic mass is 9.86. The van der Waals surface area contributed by atoms with Crippen molar-refractivity contribution in [3.05, 3.63) is 23.8 Å². The fourth-order valence-electron chi connectivity index (χ4n) is 1.02. The van der Waals surface area contributed by atoms with Crippen molar-refractivity contribution in [3.63, 3.8) is 0 Å². The molecule has 0 spiro atoms. The smallest absolute Gasteiger partial charge is 0.0135 e. The van der Waals surface area contributed by atoms with Crippen LogP contribution in [0.1, 0.15) is 41.0 Å². The molecule has 0 fully saturated rings. The third kappa shape index (κ3) is 4.02. The number of hydrogen-bond acceptors (Lipinski definition) is 0. The van der Waals surface area contributed by atoms with Crippen molar-refractivity contribution in [1.29, 1.82) is 0 Å². The van der Waals surface area contributed by atoms with Gasteiger partial charge in [-0.05, 0) is 24.3 Å². The zero-order valence-electron chi connectivity index (χ0n) is 8.44. The molecule has 64 valence electrons. The second kappa shape index (κ2) is 4.38. The second-order valence-corrected chi connectivity index (χ2v) is 3.80. The molecule has 0 saturated heterocycles. The summed E-state index contributed by atoms with van der Waals surface area (Å²) in [5.74, 6) is 0. The van der Waals surface area contributed by atoms with E-state index >= 15 is 0 Å². The van der Waals surface area contributed by atoms with Crippen molar-refractivity contribution in [2.24, 2.45) is 5.41 Å². The largest absolute Gasteiger partial charge is 0.0845 e. The van der Waals surface area contributed by atoms with E-state index in [0.717, 1.165) is 6.42 Å². The fraction of sp³-hybridized carbons (Fsp3) is 0.636. The summed E-state index contributed by atoms with van der Waals surface area (Å²) in [5, 5.41) is 0. The van der Waals surface area contributed by atoms with Crippen LogP contribution >= 0.6 is 0 Å². The summed E-state index contributed by atoms with van der Waals surface area (Å²) in [7, 11) is 0. The maximum absolute atomic E-state index is 2.24. The fourth-order valence-corrected chi connectivity index (χ4v) is 1.02. The minimum Gasteiger partial charge on any atom is -0.0845 e. The molecule has 0 aliphatic heterocycles. The molecule has 0 aliphatic carbocycles. The summed E-state index contributed by atoms with van der Waals surface area (Å²) >= 11 is 0. The van der Waals surface area contributed by atoms with Gasteiger partial charge in [0, 0.05) is 0 Å². The van der Waals surface area contributed by atoms with Gasteiger partial charge in [0.1, 0.15) is 0 Å². The summed E-state index contributed by atoms with van der Waals surface area (Å²) in [6.07, 6.45) is 7.74. The average molecular weight is 152 g/mol. The van der Waals surface area contributed by atoms with Gasteiger partial charge in [-0.2, -0.15) is 0 Å². The highest BCUT2D eigenvalue weighted by Gasteiger charge is 2.12. The minimum atomic E-state index is 0.292. The topological polar surface area (TPSA) is 0 Å². The number of allylic oxidation sites excluding steroid dienone is 4. The first-order valence-corrected chi connectivity index (χ1v) is 4.35. The predicted molar refractivity (Wildman–Crippen MR) is 52.6 cm³/mol. The quantitative estimate of drug-likeness (QED) is 0.526. The summed E-state index contributed by atoms with van der Waals surface area (Å²) in [6.45, 7) is 11.0. The van der Waals surface area contributed by atoms with Crippen LogP contribution in [0.3, 0.4) is 0 Å². The van der Waals surface area contributed by atoms with Gasteiger partial charge in [-0.1, -0.05) is 45.9 Å².